The summed E-state index contributed by atoms with van der Waals surface area (Å²) in [6, 6.07) is 5.04. The Bertz CT molecular complexity index is 848. The molecule has 29 heavy (non-hydrogen) atoms. The first-order chi connectivity index (χ1) is 13.8. The van der Waals surface area contributed by atoms with Gasteiger partial charge in [-0.05, 0) is 18.2 Å². The summed E-state index contributed by atoms with van der Waals surface area (Å²) in [5.74, 6) is -0.913. The number of aromatic nitrogens is 2. The topological polar surface area (TPSA) is 41.4 Å². The van der Waals surface area contributed by atoms with Crippen LogP contribution in [0.4, 0.5) is 22.0 Å². The lowest BCUT2D eigenvalue weighted by Crippen LogP contribution is -2.49. The van der Waals surface area contributed by atoms with Crippen LogP contribution in [0.15, 0.2) is 24.3 Å². The van der Waals surface area contributed by atoms with E-state index in [-0.39, 0.29) is 19.6 Å². The van der Waals surface area contributed by atoms with Crippen molar-refractivity contribution in [3.8, 4) is 0 Å². The zero-order valence-electron chi connectivity index (χ0n) is 15.2. The van der Waals surface area contributed by atoms with Crippen molar-refractivity contribution >= 4 is 17.5 Å². The van der Waals surface area contributed by atoms with Gasteiger partial charge in [-0.3, -0.25) is 14.4 Å². The van der Waals surface area contributed by atoms with E-state index in [0.717, 1.165) is 0 Å². The van der Waals surface area contributed by atoms with Crippen molar-refractivity contribution in [3.05, 3.63) is 52.1 Å². The Balaban J connectivity index is 1.59. The fourth-order valence-electron chi connectivity index (χ4n) is 3.15. The first kappa shape index (κ1) is 21.5. The molecule has 0 bridgehead atoms. The van der Waals surface area contributed by atoms with E-state index in [0.29, 0.717) is 34.4 Å². The second kappa shape index (κ2) is 9.08. The highest BCUT2D eigenvalue weighted by Gasteiger charge is 2.26. The molecule has 0 unspecified atom stereocenters. The monoisotopic (exact) mass is 436 g/mol. The SMILES string of the molecule is O=C(Cn1nc(C(F)F)cc1C(F)F)N1CCN(Cc2c(F)cccc2Cl)CC1. The van der Waals surface area contributed by atoms with Crippen LogP contribution in [0.25, 0.3) is 0 Å². The van der Waals surface area contributed by atoms with Crippen LogP contribution in [0.5, 0.6) is 0 Å². The number of carbonyl (C=O) groups excluding carboxylic acids is 1. The molecule has 0 aliphatic carbocycles. The van der Waals surface area contributed by atoms with Crippen LogP contribution < -0.4 is 0 Å². The molecule has 3 rings (SSSR count). The molecule has 1 aliphatic rings. The number of rotatable bonds is 6. The molecule has 2 heterocycles. The van der Waals surface area contributed by atoms with Gasteiger partial charge in [-0.25, -0.2) is 22.0 Å². The minimum absolute atomic E-state index is 0.278. The van der Waals surface area contributed by atoms with Crippen LogP contribution in [0.2, 0.25) is 5.02 Å². The Labute approximate surface area is 168 Å². The van der Waals surface area contributed by atoms with Crippen molar-refractivity contribution < 1.29 is 26.7 Å². The van der Waals surface area contributed by atoms with Crippen molar-refractivity contribution in [1.29, 1.82) is 0 Å². The summed E-state index contributed by atoms with van der Waals surface area (Å²) < 4.78 is 66.1. The van der Waals surface area contributed by atoms with Gasteiger partial charge >= 0.3 is 0 Å². The Kier molecular flexibility index (Phi) is 6.74. The highest BCUT2D eigenvalue weighted by atomic mass is 35.5. The number of halogens is 6. The van der Waals surface area contributed by atoms with E-state index in [1.54, 1.807) is 6.07 Å². The lowest BCUT2D eigenvalue weighted by atomic mass is 10.2. The Morgan fingerprint density at radius 3 is 2.38 bits per heavy atom. The molecule has 1 aliphatic heterocycles. The largest absolute Gasteiger partial charge is 0.339 e. The van der Waals surface area contributed by atoms with Gasteiger partial charge in [0.2, 0.25) is 5.91 Å². The third-order valence-corrected chi connectivity index (χ3v) is 5.08. The fraction of sp³-hybridized carbons (Fsp3) is 0.444. The van der Waals surface area contributed by atoms with Gasteiger partial charge < -0.3 is 4.90 Å². The molecule has 5 nitrogen and oxygen atoms in total. The van der Waals surface area contributed by atoms with E-state index >= 15 is 0 Å². The Morgan fingerprint density at radius 2 is 1.79 bits per heavy atom. The molecule has 1 aromatic carbocycles. The summed E-state index contributed by atoms with van der Waals surface area (Å²) in [5, 5.41) is 3.74. The highest BCUT2D eigenvalue weighted by molar-refractivity contribution is 6.31. The van der Waals surface area contributed by atoms with Gasteiger partial charge in [-0.15, -0.1) is 0 Å². The van der Waals surface area contributed by atoms with Crippen molar-refractivity contribution in [3.63, 3.8) is 0 Å². The van der Waals surface area contributed by atoms with Gasteiger partial charge in [0.25, 0.3) is 12.9 Å². The van der Waals surface area contributed by atoms with Gasteiger partial charge in [0, 0.05) is 43.3 Å². The molecular formula is C18H18ClF5N4O. The summed E-state index contributed by atoms with van der Waals surface area (Å²) in [4.78, 5) is 15.8. The van der Waals surface area contributed by atoms with Crippen LogP contribution in [-0.2, 0) is 17.9 Å². The van der Waals surface area contributed by atoms with Gasteiger partial charge in [-0.2, -0.15) is 5.10 Å². The van der Waals surface area contributed by atoms with Crippen LogP contribution in [0, 0.1) is 5.82 Å². The maximum atomic E-state index is 13.9. The number of hydrogen-bond acceptors (Lipinski definition) is 3. The van der Waals surface area contributed by atoms with Gasteiger partial charge in [-0.1, -0.05) is 17.7 Å². The molecule has 0 radical (unpaired) electrons. The predicted molar refractivity (Wildman–Crippen MR) is 95.4 cm³/mol. The molecule has 0 saturated carbocycles. The Hall–Kier alpha value is -2.20. The standard InChI is InChI=1S/C18H18ClF5N4O/c19-12-2-1-3-13(20)11(12)9-26-4-6-27(7-5-26)16(29)10-28-15(18(23)24)8-14(25-28)17(21)22/h1-3,8,17-18H,4-7,9-10H2. The maximum Gasteiger partial charge on any atom is 0.282 e. The number of nitrogens with zero attached hydrogens (tertiary/aromatic N) is 4. The van der Waals surface area contributed by atoms with E-state index in [1.807, 2.05) is 4.90 Å². The quantitative estimate of drug-likeness (QED) is 0.645. The summed E-state index contributed by atoms with van der Waals surface area (Å²) in [6.07, 6.45) is -6.03. The molecule has 1 saturated heterocycles. The third-order valence-electron chi connectivity index (χ3n) is 4.73. The summed E-state index contributed by atoms with van der Waals surface area (Å²) in [5.41, 5.74) is -1.15. The summed E-state index contributed by atoms with van der Waals surface area (Å²) in [6.45, 7) is 1.17. The zero-order valence-corrected chi connectivity index (χ0v) is 15.9. The average molecular weight is 437 g/mol. The third kappa shape index (κ3) is 5.05. The number of benzene rings is 1. The number of alkyl halides is 4. The summed E-state index contributed by atoms with van der Waals surface area (Å²) >= 11 is 6.03. The predicted octanol–water partition coefficient (Wildman–Crippen LogP) is 3.90. The van der Waals surface area contributed by atoms with Crippen molar-refractivity contribution in [1.82, 2.24) is 19.6 Å². The smallest absolute Gasteiger partial charge is 0.282 e. The molecule has 11 heteroatoms. The number of amides is 1. The van der Waals surface area contributed by atoms with Crippen molar-refractivity contribution in [2.75, 3.05) is 26.2 Å². The first-order valence-corrected chi connectivity index (χ1v) is 9.21. The van der Waals surface area contributed by atoms with E-state index in [9.17, 15) is 26.7 Å². The van der Waals surface area contributed by atoms with E-state index in [2.05, 4.69) is 5.10 Å². The normalized spacial score (nSPS) is 15.5. The molecule has 2 aromatic rings. The molecule has 0 atom stereocenters. The van der Waals surface area contributed by atoms with E-state index in [4.69, 9.17) is 11.6 Å². The fourth-order valence-corrected chi connectivity index (χ4v) is 3.37. The molecule has 0 spiro atoms. The number of piperazine rings is 1. The zero-order chi connectivity index (χ0) is 21.1. The average Bonchev–Trinajstić information content (AvgIpc) is 3.10. The second-order valence-corrected chi connectivity index (χ2v) is 7.02. The number of hydrogen-bond donors (Lipinski definition) is 0. The molecular weight excluding hydrogens is 419 g/mol. The van der Waals surface area contributed by atoms with Crippen LogP contribution in [-0.4, -0.2) is 51.7 Å². The van der Waals surface area contributed by atoms with Crippen LogP contribution >= 0.6 is 11.6 Å². The maximum absolute atomic E-state index is 13.9. The number of carbonyl (C=O) groups is 1. The van der Waals surface area contributed by atoms with Gasteiger partial charge in [0.1, 0.15) is 23.7 Å². The lowest BCUT2D eigenvalue weighted by Gasteiger charge is -2.35. The van der Waals surface area contributed by atoms with Gasteiger partial charge in [0.05, 0.1) is 0 Å². The van der Waals surface area contributed by atoms with Crippen molar-refractivity contribution in [2.45, 2.75) is 25.9 Å². The molecule has 0 N–H and O–H groups in total. The molecule has 1 fully saturated rings. The lowest BCUT2D eigenvalue weighted by molar-refractivity contribution is -0.134. The first-order valence-electron chi connectivity index (χ1n) is 8.83. The van der Waals surface area contributed by atoms with Crippen LogP contribution in [0.3, 0.4) is 0 Å². The van der Waals surface area contributed by atoms with Crippen LogP contribution in [0.1, 0.15) is 29.8 Å². The van der Waals surface area contributed by atoms with E-state index < -0.39 is 42.5 Å². The Morgan fingerprint density at radius 1 is 1.10 bits per heavy atom. The minimum Gasteiger partial charge on any atom is -0.339 e. The highest BCUT2D eigenvalue weighted by Crippen LogP contribution is 2.25. The molecule has 158 valence electrons. The molecule has 1 amide bonds. The van der Waals surface area contributed by atoms with Crippen molar-refractivity contribution in [2.24, 2.45) is 0 Å². The van der Waals surface area contributed by atoms with E-state index in [1.165, 1.54) is 17.0 Å². The minimum atomic E-state index is -3.02. The molecule has 1 aromatic heterocycles. The van der Waals surface area contributed by atoms with Gasteiger partial charge in [0.15, 0.2) is 0 Å². The second-order valence-electron chi connectivity index (χ2n) is 6.61. The summed E-state index contributed by atoms with van der Waals surface area (Å²) in [7, 11) is 0.